The fourth-order valence-corrected chi connectivity index (χ4v) is 2.04. The monoisotopic (exact) mass is 270 g/mol. The molecular weight excluding hydrogens is 256 g/mol. The highest BCUT2D eigenvalue weighted by atomic mass is 79.9. The normalized spacial score (nSPS) is 26.3. The summed E-state index contributed by atoms with van der Waals surface area (Å²) in [6.45, 7) is 0. The molecule has 1 heterocycles. The van der Waals surface area contributed by atoms with Crippen molar-refractivity contribution in [1.29, 1.82) is 0 Å². The van der Waals surface area contributed by atoms with Gasteiger partial charge in [-0.1, -0.05) is 0 Å². The number of nitrogens with two attached hydrogens (primary N) is 1. The summed E-state index contributed by atoms with van der Waals surface area (Å²) < 4.78 is 6.74. The van der Waals surface area contributed by atoms with Crippen molar-refractivity contribution in [3.8, 4) is 5.88 Å². The number of pyridine rings is 1. The zero-order chi connectivity index (χ0) is 10.7. The zero-order valence-electron chi connectivity index (χ0n) is 8.53. The third kappa shape index (κ3) is 3.18. The molecule has 0 spiro atoms. The van der Waals surface area contributed by atoms with E-state index in [1.807, 2.05) is 12.1 Å². The number of aromatic nitrogens is 1. The molecule has 0 atom stereocenters. The predicted octanol–water partition coefficient (Wildman–Crippen LogP) is 2.49. The van der Waals surface area contributed by atoms with Gasteiger partial charge in [-0.2, -0.15) is 0 Å². The summed E-state index contributed by atoms with van der Waals surface area (Å²) in [7, 11) is 0. The van der Waals surface area contributed by atoms with Gasteiger partial charge in [-0.15, -0.1) is 0 Å². The molecule has 1 fully saturated rings. The van der Waals surface area contributed by atoms with E-state index in [2.05, 4.69) is 20.9 Å². The van der Waals surface area contributed by atoms with E-state index in [9.17, 15) is 0 Å². The van der Waals surface area contributed by atoms with Crippen molar-refractivity contribution >= 4 is 15.9 Å². The second kappa shape index (κ2) is 4.94. The van der Waals surface area contributed by atoms with Crippen molar-refractivity contribution in [1.82, 2.24) is 4.98 Å². The Labute approximate surface area is 98.2 Å². The second-order valence-electron chi connectivity index (χ2n) is 3.97. The molecule has 0 bridgehead atoms. The van der Waals surface area contributed by atoms with E-state index in [4.69, 9.17) is 10.5 Å². The minimum absolute atomic E-state index is 0.290. The van der Waals surface area contributed by atoms with Crippen molar-refractivity contribution in [2.24, 2.45) is 5.73 Å². The Bertz CT molecular complexity index is 307. The smallest absolute Gasteiger partial charge is 0.213 e. The van der Waals surface area contributed by atoms with Gasteiger partial charge >= 0.3 is 0 Å². The Hall–Kier alpha value is -0.610. The summed E-state index contributed by atoms with van der Waals surface area (Å²) in [5.74, 6) is 0.707. The number of hydrogen-bond acceptors (Lipinski definition) is 3. The van der Waals surface area contributed by atoms with Gasteiger partial charge in [0.25, 0.3) is 0 Å². The minimum atomic E-state index is 0.290. The second-order valence-corrected chi connectivity index (χ2v) is 4.88. The largest absolute Gasteiger partial charge is 0.474 e. The number of nitrogens with zero attached hydrogens (tertiary/aromatic N) is 1. The lowest BCUT2D eigenvalue weighted by atomic mass is 9.94. The molecule has 2 N–H and O–H groups in total. The van der Waals surface area contributed by atoms with Crippen LogP contribution in [0.1, 0.15) is 25.7 Å². The van der Waals surface area contributed by atoms with Gasteiger partial charge in [0.05, 0.1) is 0 Å². The van der Waals surface area contributed by atoms with Crippen LogP contribution < -0.4 is 10.5 Å². The molecule has 1 aromatic heterocycles. The summed E-state index contributed by atoms with van der Waals surface area (Å²) in [5.41, 5.74) is 5.83. The Morgan fingerprint density at radius 3 is 2.60 bits per heavy atom. The van der Waals surface area contributed by atoms with E-state index in [1.54, 1.807) is 6.20 Å². The van der Waals surface area contributed by atoms with Crippen LogP contribution in [0.4, 0.5) is 0 Å². The molecule has 0 aromatic carbocycles. The Kier molecular flexibility index (Phi) is 3.59. The predicted molar refractivity (Wildman–Crippen MR) is 62.8 cm³/mol. The summed E-state index contributed by atoms with van der Waals surface area (Å²) in [5, 5.41) is 0. The van der Waals surface area contributed by atoms with E-state index >= 15 is 0 Å². The number of ether oxygens (including phenoxy) is 1. The van der Waals surface area contributed by atoms with Crippen LogP contribution in [0.2, 0.25) is 0 Å². The maximum atomic E-state index is 5.83. The SMILES string of the molecule is N[C@H]1CC[C@H](Oc2ccc(Br)cn2)CC1. The van der Waals surface area contributed by atoms with Gasteiger partial charge in [-0.3, -0.25) is 0 Å². The standard InChI is InChI=1S/C11H15BrN2O/c12-8-1-6-11(14-7-8)15-10-4-2-9(13)3-5-10/h1,6-7,9-10H,2-5,13H2/t9-,10-. The lowest BCUT2D eigenvalue weighted by Crippen LogP contribution is -2.31. The zero-order valence-corrected chi connectivity index (χ0v) is 10.1. The van der Waals surface area contributed by atoms with E-state index < -0.39 is 0 Å². The molecule has 0 saturated heterocycles. The van der Waals surface area contributed by atoms with Crippen LogP contribution in [0.25, 0.3) is 0 Å². The van der Waals surface area contributed by atoms with Crippen LogP contribution in [-0.4, -0.2) is 17.1 Å². The first-order valence-corrected chi connectivity index (χ1v) is 6.07. The highest BCUT2D eigenvalue weighted by molar-refractivity contribution is 9.10. The van der Waals surface area contributed by atoms with E-state index in [0.717, 1.165) is 30.2 Å². The van der Waals surface area contributed by atoms with Crippen molar-refractivity contribution in [2.45, 2.75) is 37.8 Å². The quantitative estimate of drug-likeness (QED) is 0.899. The van der Waals surface area contributed by atoms with Crippen LogP contribution in [0.5, 0.6) is 5.88 Å². The first-order chi connectivity index (χ1) is 7.24. The molecule has 82 valence electrons. The van der Waals surface area contributed by atoms with Gasteiger partial charge in [0.2, 0.25) is 5.88 Å². The van der Waals surface area contributed by atoms with Gasteiger partial charge < -0.3 is 10.5 Å². The van der Waals surface area contributed by atoms with E-state index in [1.165, 1.54) is 0 Å². The van der Waals surface area contributed by atoms with Crippen LogP contribution >= 0.6 is 15.9 Å². The molecule has 1 aliphatic rings. The molecule has 2 rings (SSSR count). The minimum Gasteiger partial charge on any atom is -0.474 e. The topological polar surface area (TPSA) is 48.1 Å². The third-order valence-corrected chi connectivity index (χ3v) is 3.18. The molecule has 1 aromatic rings. The van der Waals surface area contributed by atoms with Crippen molar-refractivity contribution in [3.05, 3.63) is 22.8 Å². The average Bonchev–Trinajstić information content (AvgIpc) is 2.25. The first kappa shape index (κ1) is 10.9. The van der Waals surface area contributed by atoms with Gasteiger partial charge in [0.1, 0.15) is 6.10 Å². The van der Waals surface area contributed by atoms with Crippen molar-refractivity contribution < 1.29 is 4.74 Å². The van der Waals surface area contributed by atoms with Gasteiger partial charge in [0, 0.05) is 22.8 Å². The average molecular weight is 271 g/mol. The van der Waals surface area contributed by atoms with Crippen molar-refractivity contribution in [2.75, 3.05) is 0 Å². The fraction of sp³-hybridized carbons (Fsp3) is 0.545. The highest BCUT2D eigenvalue weighted by Crippen LogP contribution is 2.22. The molecule has 1 saturated carbocycles. The Morgan fingerprint density at radius 1 is 1.27 bits per heavy atom. The van der Waals surface area contributed by atoms with Crippen molar-refractivity contribution in [3.63, 3.8) is 0 Å². The third-order valence-electron chi connectivity index (χ3n) is 2.71. The fourth-order valence-electron chi connectivity index (χ4n) is 1.81. The van der Waals surface area contributed by atoms with E-state index in [0.29, 0.717) is 18.0 Å². The molecule has 0 unspecified atom stereocenters. The lowest BCUT2D eigenvalue weighted by Gasteiger charge is -2.26. The van der Waals surface area contributed by atoms with Crippen LogP contribution in [0.3, 0.4) is 0 Å². The summed E-state index contributed by atoms with van der Waals surface area (Å²) in [6, 6.07) is 4.19. The summed E-state index contributed by atoms with van der Waals surface area (Å²) in [4.78, 5) is 4.19. The maximum Gasteiger partial charge on any atom is 0.213 e. The number of hydrogen-bond donors (Lipinski definition) is 1. The van der Waals surface area contributed by atoms with Crippen LogP contribution in [-0.2, 0) is 0 Å². The molecular formula is C11H15BrN2O. The van der Waals surface area contributed by atoms with Gasteiger partial charge in [-0.05, 0) is 47.7 Å². The van der Waals surface area contributed by atoms with Gasteiger partial charge in [-0.25, -0.2) is 4.98 Å². The molecule has 0 amide bonds. The highest BCUT2D eigenvalue weighted by Gasteiger charge is 2.19. The molecule has 15 heavy (non-hydrogen) atoms. The molecule has 1 aliphatic carbocycles. The maximum absolute atomic E-state index is 5.83. The van der Waals surface area contributed by atoms with Crippen LogP contribution in [0.15, 0.2) is 22.8 Å². The molecule has 0 aliphatic heterocycles. The van der Waals surface area contributed by atoms with Crippen LogP contribution in [0, 0.1) is 0 Å². The first-order valence-electron chi connectivity index (χ1n) is 5.28. The number of rotatable bonds is 2. The number of halogens is 1. The lowest BCUT2D eigenvalue weighted by molar-refractivity contribution is 0.141. The molecule has 4 heteroatoms. The Morgan fingerprint density at radius 2 is 2.00 bits per heavy atom. The summed E-state index contributed by atoms with van der Waals surface area (Å²) in [6.07, 6.45) is 6.24. The van der Waals surface area contributed by atoms with Gasteiger partial charge in [0.15, 0.2) is 0 Å². The van der Waals surface area contributed by atoms with E-state index in [-0.39, 0.29) is 0 Å². The summed E-state index contributed by atoms with van der Waals surface area (Å²) >= 11 is 3.34. The molecule has 3 nitrogen and oxygen atoms in total. The Balaban J connectivity index is 1.89. The molecule has 0 radical (unpaired) electrons.